The summed E-state index contributed by atoms with van der Waals surface area (Å²) in [5.74, 6) is 0. The van der Waals surface area contributed by atoms with Gasteiger partial charge < -0.3 is 0 Å². The second-order valence-electron chi connectivity index (χ2n) is 11.5. The minimum atomic E-state index is -10.7. The predicted molar refractivity (Wildman–Crippen MR) is 174 cm³/mol. The third kappa shape index (κ3) is 7.18. The number of aryl methyl sites for hydroxylation is 2. The zero-order chi connectivity index (χ0) is 31.5. The molecular formula is C30H32F6N3OPS2Se. The van der Waals surface area contributed by atoms with Crippen LogP contribution in [0.25, 0.3) is 30.1 Å². The average molecular weight is 739 g/mol. The Bertz CT molecular complexity index is 1800. The summed E-state index contributed by atoms with van der Waals surface area (Å²) in [4.78, 5) is 8.51. The van der Waals surface area contributed by atoms with Crippen LogP contribution >= 0.6 is 31.4 Å². The van der Waals surface area contributed by atoms with Crippen LogP contribution in [0.15, 0.2) is 36.4 Å². The maximum atomic E-state index is 9.87. The third-order valence-electron chi connectivity index (χ3n) is 8.07. The van der Waals surface area contributed by atoms with Gasteiger partial charge in [0.25, 0.3) is 0 Å². The summed E-state index contributed by atoms with van der Waals surface area (Å²) >= 11 is 8.13. The molecule has 1 aromatic carbocycles. The number of rotatable bonds is 2. The van der Waals surface area contributed by atoms with Gasteiger partial charge in [-0.1, -0.05) is 0 Å². The molecule has 1 aromatic heterocycles. The molecule has 7 rings (SSSR count). The van der Waals surface area contributed by atoms with Gasteiger partial charge in [-0.15, -0.1) is 0 Å². The average Bonchev–Trinajstić information content (AvgIpc) is 3.44. The molecule has 0 bridgehead atoms. The molecule has 0 atom stereocenters. The molecule has 1 aliphatic carbocycles. The minimum absolute atomic E-state index is 0.300. The van der Waals surface area contributed by atoms with E-state index in [4.69, 9.17) is 17.0 Å². The Balaban J connectivity index is 0.000000441. The molecule has 2 aromatic rings. The van der Waals surface area contributed by atoms with Crippen LogP contribution in [0.3, 0.4) is 0 Å². The Hall–Kier alpha value is -2.01. The first-order valence-electron chi connectivity index (χ1n) is 14.4. The molecule has 14 heteroatoms. The summed E-state index contributed by atoms with van der Waals surface area (Å²) in [6.07, 6.45) is 4.97. The van der Waals surface area contributed by atoms with E-state index in [0.717, 1.165) is 31.3 Å². The van der Waals surface area contributed by atoms with Gasteiger partial charge in [0.2, 0.25) is 0 Å². The second kappa shape index (κ2) is 11.1. The van der Waals surface area contributed by atoms with Crippen molar-refractivity contribution >= 4 is 66.2 Å². The fraction of sp³-hybridized carbons (Fsp3) is 0.400. The van der Waals surface area contributed by atoms with Crippen molar-refractivity contribution in [1.82, 2.24) is 9.48 Å². The quantitative estimate of drug-likeness (QED) is 0.0521. The molecule has 0 spiro atoms. The molecule has 0 unspecified atom stereocenters. The summed E-state index contributed by atoms with van der Waals surface area (Å²) in [6.45, 7) is 5.73. The number of fused-ring (bicyclic) bond motifs is 3. The van der Waals surface area contributed by atoms with E-state index in [1.165, 1.54) is 74.8 Å². The molecule has 5 heterocycles. The van der Waals surface area contributed by atoms with Gasteiger partial charge in [-0.2, -0.15) is 0 Å². The van der Waals surface area contributed by atoms with Crippen molar-refractivity contribution in [3.63, 3.8) is 0 Å². The molecule has 0 amide bonds. The van der Waals surface area contributed by atoms with Crippen LogP contribution in [0, 0.1) is 0 Å². The van der Waals surface area contributed by atoms with Gasteiger partial charge >= 0.3 is 268 Å². The summed E-state index contributed by atoms with van der Waals surface area (Å²) in [6, 6.07) is 14.3. The van der Waals surface area contributed by atoms with Crippen molar-refractivity contribution in [2.75, 3.05) is 58.4 Å². The number of thiophene rings is 1. The van der Waals surface area contributed by atoms with E-state index in [1.807, 2.05) is 11.3 Å². The molecule has 4 aliphatic heterocycles. The first-order chi connectivity index (χ1) is 20.5. The zero-order valence-corrected chi connectivity index (χ0v) is 28.5. The number of ether oxygens (including phenoxy) is 1. The van der Waals surface area contributed by atoms with Crippen LogP contribution < -0.4 is 14.8 Å². The summed E-state index contributed by atoms with van der Waals surface area (Å²) in [7, 11) is -6.37. The van der Waals surface area contributed by atoms with Crippen molar-refractivity contribution in [3.05, 3.63) is 57.8 Å². The zero-order valence-electron chi connectivity index (χ0n) is 24.2. The van der Waals surface area contributed by atoms with Crippen molar-refractivity contribution in [1.29, 1.82) is 0 Å². The second-order valence-corrected chi connectivity index (χ2v) is 17.1. The molecule has 1 saturated heterocycles. The monoisotopic (exact) mass is 739 g/mol. The normalized spacial score (nSPS) is 18.3. The van der Waals surface area contributed by atoms with Crippen molar-refractivity contribution in [3.8, 4) is 20.4 Å². The van der Waals surface area contributed by atoms with Gasteiger partial charge in [0, 0.05) is 0 Å². The Morgan fingerprint density at radius 2 is 1.61 bits per heavy atom. The molecule has 4 nitrogen and oxygen atoms in total. The van der Waals surface area contributed by atoms with Crippen LogP contribution in [0.2, 0.25) is 0 Å². The number of morpholine rings is 1. The predicted octanol–water partition coefficient (Wildman–Crippen LogP) is 7.85. The van der Waals surface area contributed by atoms with E-state index in [9.17, 15) is 25.2 Å². The molecule has 1 fully saturated rings. The number of halogens is 6. The molecule has 0 N–H and O–H groups in total. The van der Waals surface area contributed by atoms with Gasteiger partial charge in [0.15, 0.2) is 0 Å². The van der Waals surface area contributed by atoms with E-state index in [-0.39, 0.29) is 0 Å². The van der Waals surface area contributed by atoms with Crippen molar-refractivity contribution in [2.24, 2.45) is 0 Å². The Morgan fingerprint density at radius 1 is 0.932 bits per heavy atom. The number of benzene rings is 2. The third-order valence-corrected chi connectivity index (χ3v) is 12.4. The Labute approximate surface area is 266 Å². The fourth-order valence-corrected chi connectivity index (χ4v) is 10.3. The van der Waals surface area contributed by atoms with Crippen LogP contribution in [0.1, 0.15) is 28.8 Å². The fourth-order valence-electron chi connectivity index (χ4n) is 6.24. The van der Waals surface area contributed by atoms with Crippen LogP contribution in [0.5, 0.6) is 0 Å². The number of nitrogens with zero attached hydrogens (tertiary/aromatic N) is 3. The summed E-state index contributed by atoms with van der Waals surface area (Å²) in [5.41, 5.74) is 7.65. The van der Waals surface area contributed by atoms with Crippen molar-refractivity contribution in [2.45, 2.75) is 25.7 Å². The summed E-state index contributed by atoms with van der Waals surface area (Å²) < 4.78 is 70.1. The van der Waals surface area contributed by atoms with Gasteiger partial charge in [-0.05, 0) is 0 Å². The molecule has 238 valence electrons. The molecule has 0 saturated carbocycles. The summed E-state index contributed by atoms with van der Waals surface area (Å²) in [5, 5.41) is 2.78. The Kier molecular flexibility index (Phi) is 8.03. The molecular weight excluding hydrogens is 706 g/mol. The number of anilines is 1. The standard InChI is InChI=1S/C30H32N3OS2Se.F6P/c1-31(2)20-7-8-21-26(18-20)37-29-22-6-4-12-32-11-3-5-19(28(22)32)17-23(29)27(21)24-9-10-25(36-24)30(35)33-13-15-34-16-14-33;1-7(2,3,4,5)6/h7-10,17-18H,3-6,11-16H2,1-2H3;/q+1;-1. The van der Waals surface area contributed by atoms with Crippen LogP contribution in [0.4, 0.5) is 30.9 Å². The van der Waals surface area contributed by atoms with Gasteiger partial charge in [0.1, 0.15) is 0 Å². The van der Waals surface area contributed by atoms with E-state index in [1.54, 1.807) is 21.1 Å². The van der Waals surface area contributed by atoms with Crippen molar-refractivity contribution < 1.29 is 29.9 Å². The Morgan fingerprint density at radius 3 is 2.30 bits per heavy atom. The van der Waals surface area contributed by atoms with E-state index < -0.39 is 7.81 Å². The SMILES string of the molecule is C[N+](C)=c1ccc2c(-c3ccc(C(=S)N4CCOCC4)s3)c3cc4c5c(c3[se]c-2c1)CCCN5CCC4.F[P-](F)(F)(F)(F)F. The number of thiocarbonyl (C=S) groups is 1. The van der Waals surface area contributed by atoms with Gasteiger partial charge in [-0.3, -0.25) is 0 Å². The van der Waals surface area contributed by atoms with Crippen LogP contribution in [-0.2, 0) is 17.6 Å². The first kappa shape index (κ1) is 32.0. The van der Waals surface area contributed by atoms with E-state index >= 15 is 0 Å². The number of hydrogen-bond donors (Lipinski definition) is 0. The molecule has 44 heavy (non-hydrogen) atoms. The van der Waals surface area contributed by atoms with E-state index in [2.05, 4.69) is 64.9 Å². The van der Waals surface area contributed by atoms with Crippen LogP contribution in [-0.4, -0.2) is 77.9 Å². The van der Waals surface area contributed by atoms with Gasteiger partial charge in [-0.25, -0.2) is 0 Å². The molecule has 5 aliphatic rings. The molecule has 0 radical (unpaired) electrons. The number of hydrogen-bond acceptors (Lipinski definition) is 4. The van der Waals surface area contributed by atoms with E-state index in [0.29, 0.717) is 14.5 Å². The first-order valence-corrected chi connectivity index (χ1v) is 19.3. The van der Waals surface area contributed by atoms with Gasteiger partial charge in [0.05, 0.1) is 0 Å². The maximum absolute atomic E-state index is 10.7. The topological polar surface area (TPSA) is 18.7 Å².